The fraction of sp³-hybridized carbons (Fsp3) is 0.423. The van der Waals surface area contributed by atoms with Crippen LogP contribution >= 0.6 is 0 Å². The molecule has 1 aliphatic heterocycles. The Kier molecular flexibility index (Phi) is 5.34. The van der Waals surface area contributed by atoms with Gasteiger partial charge in [0.25, 0.3) is 0 Å². The number of aryl methyl sites for hydroxylation is 1. The van der Waals surface area contributed by atoms with Crippen LogP contribution in [0.25, 0.3) is 22.0 Å². The fourth-order valence-electron chi connectivity index (χ4n) is 5.10. The molecule has 0 spiro atoms. The molecule has 1 saturated carbocycles. The number of fused-ring (bicyclic) bond motifs is 1. The van der Waals surface area contributed by atoms with Crippen molar-refractivity contribution in [2.75, 3.05) is 26.2 Å². The van der Waals surface area contributed by atoms with Crippen molar-refractivity contribution in [3.05, 3.63) is 60.3 Å². The van der Waals surface area contributed by atoms with E-state index in [4.69, 9.17) is 0 Å². The van der Waals surface area contributed by atoms with Crippen LogP contribution in [0.5, 0.6) is 0 Å². The first-order valence-corrected chi connectivity index (χ1v) is 11.4. The van der Waals surface area contributed by atoms with Crippen molar-refractivity contribution in [3.63, 3.8) is 0 Å². The summed E-state index contributed by atoms with van der Waals surface area (Å²) in [6, 6.07) is 18.0. The third-order valence-electron chi connectivity index (χ3n) is 6.97. The molecule has 3 aromatic rings. The summed E-state index contributed by atoms with van der Waals surface area (Å²) < 4.78 is 2.11. The maximum atomic E-state index is 13.0. The molecule has 1 aliphatic carbocycles. The second-order valence-corrected chi connectivity index (χ2v) is 8.94. The topological polar surface area (TPSA) is 28.5 Å². The van der Waals surface area contributed by atoms with Gasteiger partial charge >= 0.3 is 0 Å². The summed E-state index contributed by atoms with van der Waals surface area (Å²) in [5, 5.41) is 1.18. The minimum atomic E-state index is 0.235. The summed E-state index contributed by atoms with van der Waals surface area (Å²) in [5.74, 6) is 0.235. The van der Waals surface area contributed by atoms with Crippen LogP contribution in [0.15, 0.2) is 54.7 Å². The van der Waals surface area contributed by atoms with Crippen LogP contribution in [0.3, 0.4) is 0 Å². The van der Waals surface area contributed by atoms with Crippen molar-refractivity contribution in [2.45, 2.75) is 45.2 Å². The second kappa shape index (κ2) is 8.27. The van der Waals surface area contributed by atoms with Gasteiger partial charge < -0.3 is 9.47 Å². The Labute approximate surface area is 179 Å². The maximum Gasteiger partial charge on any atom is 0.242 e. The van der Waals surface area contributed by atoms with E-state index in [1.807, 2.05) is 0 Å². The molecule has 0 radical (unpaired) electrons. The fourth-order valence-corrected chi connectivity index (χ4v) is 5.10. The van der Waals surface area contributed by atoms with Crippen LogP contribution in [-0.4, -0.2) is 52.5 Å². The number of nitrogens with zero attached hydrogens (tertiary/aromatic N) is 3. The number of rotatable bonds is 4. The second-order valence-electron chi connectivity index (χ2n) is 8.94. The summed E-state index contributed by atoms with van der Waals surface area (Å²) in [4.78, 5) is 17.7. The van der Waals surface area contributed by atoms with Crippen molar-refractivity contribution < 1.29 is 4.79 Å². The summed E-state index contributed by atoms with van der Waals surface area (Å²) in [6.07, 6.45) is 7.47. The summed E-state index contributed by atoms with van der Waals surface area (Å²) in [7, 11) is 0. The average molecular weight is 402 g/mol. The monoisotopic (exact) mass is 401 g/mol. The highest BCUT2D eigenvalue weighted by atomic mass is 16.2. The van der Waals surface area contributed by atoms with E-state index in [1.54, 1.807) is 0 Å². The SMILES string of the molecule is Cc1ccc(-c2ccc3ccn(CC(=O)N4CCN(C5CCCC5)CC4)c3c2)cc1. The molecule has 156 valence electrons. The first-order valence-electron chi connectivity index (χ1n) is 11.4. The van der Waals surface area contributed by atoms with Gasteiger partial charge in [-0.15, -0.1) is 0 Å². The van der Waals surface area contributed by atoms with E-state index in [0.717, 1.165) is 37.7 Å². The Morgan fingerprint density at radius 3 is 2.33 bits per heavy atom. The number of piperazine rings is 1. The molecule has 0 bridgehead atoms. The zero-order chi connectivity index (χ0) is 20.5. The van der Waals surface area contributed by atoms with Gasteiger partial charge in [0.05, 0.1) is 0 Å². The Balaban J connectivity index is 1.28. The van der Waals surface area contributed by atoms with Crippen molar-refractivity contribution in [1.29, 1.82) is 0 Å². The van der Waals surface area contributed by atoms with E-state index >= 15 is 0 Å². The molecule has 0 unspecified atom stereocenters. The lowest BCUT2D eigenvalue weighted by Crippen LogP contribution is -2.52. The number of aromatic nitrogens is 1. The molecule has 4 nitrogen and oxygen atoms in total. The minimum Gasteiger partial charge on any atom is -0.339 e. The number of hydrogen-bond acceptors (Lipinski definition) is 2. The van der Waals surface area contributed by atoms with Crippen LogP contribution in [-0.2, 0) is 11.3 Å². The highest BCUT2D eigenvalue weighted by Gasteiger charge is 2.27. The predicted octanol–water partition coefficient (Wildman–Crippen LogP) is 4.70. The third-order valence-corrected chi connectivity index (χ3v) is 6.97. The number of amides is 1. The molecule has 2 aliphatic rings. The van der Waals surface area contributed by atoms with Gasteiger partial charge in [-0.2, -0.15) is 0 Å². The summed E-state index contributed by atoms with van der Waals surface area (Å²) in [6.45, 7) is 6.31. The van der Waals surface area contributed by atoms with Gasteiger partial charge in [-0.1, -0.05) is 54.8 Å². The van der Waals surface area contributed by atoms with E-state index in [9.17, 15) is 4.79 Å². The number of carbonyl (C=O) groups is 1. The average Bonchev–Trinajstić information content (AvgIpc) is 3.45. The van der Waals surface area contributed by atoms with E-state index in [1.165, 1.54) is 47.8 Å². The van der Waals surface area contributed by atoms with Crippen LogP contribution in [0, 0.1) is 6.92 Å². The lowest BCUT2D eigenvalue weighted by Gasteiger charge is -2.38. The zero-order valence-corrected chi connectivity index (χ0v) is 17.9. The van der Waals surface area contributed by atoms with Gasteiger partial charge in [-0.25, -0.2) is 0 Å². The smallest absolute Gasteiger partial charge is 0.242 e. The lowest BCUT2D eigenvalue weighted by atomic mass is 10.0. The predicted molar refractivity (Wildman–Crippen MR) is 123 cm³/mol. The minimum absolute atomic E-state index is 0.235. The Bertz CT molecular complexity index is 1020. The molecule has 2 heterocycles. The van der Waals surface area contributed by atoms with Crippen LogP contribution < -0.4 is 0 Å². The highest BCUT2D eigenvalue weighted by molar-refractivity contribution is 5.87. The van der Waals surface area contributed by atoms with E-state index < -0.39 is 0 Å². The quantitative estimate of drug-likeness (QED) is 0.634. The van der Waals surface area contributed by atoms with Crippen LogP contribution in [0.2, 0.25) is 0 Å². The van der Waals surface area contributed by atoms with E-state index in [-0.39, 0.29) is 5.91 Å². The van der Waals surface area contributed by atoms with Crippen LogP contribution in [0.4, 0.5) is 0 Å². The molecule has 1 amide bonds. The summed E-state index contributed by atoms with van der Waals surface area (Å²) in [5.41, 5.74) is 4.80. The van der Waals surface area contributed by atoms with Gasteiger partial charge in [0.1, 0.15) is 6.54 Å². The van der Waals surface area contributed by atoms with Gasteiger partial charge in [-0.3, -0.25) is 9.69 Å². The lowest BCUT2D eigenvalue weighted by molar-refractivity contribution is -0.133. The number of carbonyl (C=O) groups excluding carboxylic acids is 1. The van der Waals surface area contributed by atoms with Gasteiger partial charge in [0, 0.05) is 43.9 Å². The normalized spacial score (nSPS) is 18.4. The largest absolute Gasteiger partial charge is 0.339 e. The van der Waals surface area contributed by atoms with Crippen LogP contribution in [0.1, 0.15) is 31.2 Å². The van der Waals surface area contributed by atoms with E-state index in [2.05, 4.69) is 76.0 Å². The van der Waals surface area contributed by atoms with Crippen molar-refractivity contribution >= 4 is 16.8 Å². The first kappa shape index (κ1) is 19.4. The molecule has 0 atom stereocenters. The molecular weight excluding hydrogens is 370 g/mol. The van der Waals surface area contributed by atoms with Crippen molar-refractivity contribution in [1.82, 2.24) is 14.4 Å². The molecular formula is C26H31N3O. The third kappa shape index (κ3) is 3.89. The van der Waals surface area contributed by atoms with Crippen molar-refractivity contribution in [2.24, 2.45) is 0 Å². The molecule has 1 saturated heterocycles. The molecule has 0 N–H and O–H groups in total. The molecule has 1 aromatic heterocycles. The number of hydrogen-bond donors (Lipinski definition) is 0. The molecule has 4 heteroatoms. The Morgan fingerprint density at radius 1 is 0.900 bits per heavy atom. The highest BCUT2D eigenvalue weighted by Crippen LogP contribution is 2.26. The standard InChI is InChI=1S/C26H31N3O/c1-20-6-8-21(9-7-20)23-11-10-22-12-13-29(25(22)18-23)19-26(30)28-16-14-27(15-17-28)24-4-2-3-5-24/h6-13,18,24H,2-5,14-17,19H2,1H3. The van der Waals surface area contributed by atoms with Gasteiger partial charge in [0.15, 0.2) is 0 Å². The Hall–Kier alpha value is -2.59. The Morgan fingerprint density at radius 2 is 1.60 bits per heavy atom. The van der Waals surface area contributed by atoms with Gasteiger partial charge in [-0.05, 0) is 48.4 Å². The molecule has 30 heavy (non-hydrogen) atoms. The molecule has 2 aromatic carbocycles. The van der Waals surface area contributed by atoms with Gasteiger partial charge in [0.2, 0.25) is 5.91 Å². The molecule has 2 fully saturated rings. The van der Waals surface area contributed by atoms with Crippen molar-refractivity contribution in [3.8, 4) is 11.1 Å². The van der Waals surface area contributed by atoms with E-state index in [0.29, 0.717) is 6.54 Å². The maximum absolute atomic E-state index is 13.0. The summed E-state index contributed by atoms with van der Waals surface area (Å²) >= 11 is 0. The molecule has 5 rings (SSSR count). The number of benzene rings is 2. The zero-order valence-electron chi connectivity index (χ0n) is 17.9. The first-order chi connectivity index (χ1) is 14.7.